The van der Waals surface area contributed by atoms with E-state index in [0.717, 1.165) is 19.4 Å². The van der Waals surface area contributed by atoms with Crippen LogP contribution in [0, 0.1) is 11.7 Å². The summed E-state index contributed by atoms with van der Waals surface area (Å²) in [5.41, 5.74) is 2.58. The van der Waals surface area contributed by atoms with E-state index in [1.807, 2.05) is 21.9 Å². The van der Waals surface area contributed by atoms with E-state index in [4.69, 9.17) is 0 Å². The van der Waals surface area contributed by atoms with Crippen molar-refractivity contribution in [2.24, 2.45) is 5.92 Å². The highest BCUT2D eigenvalue weighted by Gasteiger charge is 2.33. The third-order valence-electron chi connectivity index (χ3n) is 5.02. The van der Waals surface area contributed by atoms with Gasteiger partial charge < -0.3 is 9.80 Å². The predicted octanol–water partition coefficient (Wildman–Crippen LogP) is 2.63. The first-order valence-corrected chi connectivity index (χ1v) is 8.43. The molecule has 1 atom stereocenters. The van der Waals surface area contributed by atoms with Gasteiger partial charge in [-0.05, 0) is 36.1 Å². The van der Waals surface area contributed by atoms with Crippen LogP contribution in [0.3, 0.4) is 0 Å². The first-order valence-electron chi connectivity index (χ1n) is 8.43. The number of hydrogen-bond donors (Lipinski definition) is 0. The van der Waals surface area contributed by atoms with Crippen molar-refractivity contribution in [3.63, 3.8) is 0 Å². The molecule has 2 aliphatic heterocycles. The summed E-state index contributed by atoms with van der Waals surface area (Å²) in [6.07, 6.45) is 3.26. The number of pyridine rings is 1. The van der Waals surface area contributed by atoms with Crippen molar-refractivity contribution in [2.45, 2.75) is 19.4 Å². The molecule has 0 bridgehead atoms. The van der Waals surface area contributed by atoms with Crippen molar-refractivity contribution in [3.05, 3.63) is 59.5 Å². The van der Waals surface area contributed by atoms with Crippen LogP contribution in [-0.2, 0) is 17.8 Å². The summed E-state index contributed by atoms with van der Waals surface area (Å²) in [5, 5.41) is 0. The van der Waals surface area contributed by atoms with Gasteiger partial charge >= 0.3 is 0 Å². The van der Waals surface area contributed by atoms with Gasteiger partial charge in [0.05, 0.1) is 5.92 Å². The van der Waals surface area contributed by atoms with E-state index in [1.165, 1.54) is 17.2 Å². The fourth-order valence-corrected chi connectivity index (χ4v) is 3.71. The van der Waals surface area contributed by atoms with Gasteiger partial charge in [0.15, 0.2) is 11.6 Å². The summed E-state index contributed by atoms with van der Waals surface area (Å²) < 4.78 is 13.9. The molecule has 0 radical (unpaired) electrons. The number of nitrogens with zero attached hydrogens (tertiary/aromatic N) is 3. The van der Waals surface area contributed by atoms with Crippen LogP contribution >= 0.6 is 0 Å². The Morgan fingerprint density at radius 1 is 1.12 bits per heavy atom. The molecule has 0 spiro atoms. The zero-order valence-corrected chi connectivity index (χ0v) is 13.5. The highest BCUT2D eigenvalue weighted by Crippen LogP contribution is 2.27. The predicted molar refractivity (Wildman–Crippen MR) is 90.1 cm³/mol. The lowest BCUT2D eigenvalue weighted by molar-refractivity contribution is -0.135. The SMILES string of the molecule is O=C(C1CCN(c2ncccc2F)C1)N1CCc2ccccc2C1. The molecule has 0 N–H and O–H groups in total. The van der Waals surface area contributed by atoms with Crippen LogP contribution in [0.1, 0.15) is 17.5 Å². The summed E-state index contributed by atoms with van der Waals surface area (Å²) in [6, 6.07) is 11.3. The standard InChI is InChI=1S/C19H20FN3O/c20-17-6-3-9-21-18(17)22-10-8-16(13-22)19(24)23-11-7-14-4-1-2-5-15(14)12-23/h1-6,9,16H,7-8,10-13H2. The Labute approximate surface area is 140 Å². The minimum absolute atomic E-state index is 0.0725. The van der Waals surface area contributed by atoms with Crippen molar-refractivity contribution in [1.82, 2.24) is 9.88 Å². The molecular formula is C19H20FN3O. The van der Waals surface area contributed by atoms with Gasteiger partial charge in [-0.15, -0.1) is 0 Å². The zero-order valence-electron chi connectivity index (χ0n) is 13.5. The number of aromatic nitrogens is 1. The molecule has 124 valence electrons. The summed E-state index contributed by atoms with van der Waals surface area (Å²) in [6.45, 7) is 2.67. The summed E-state index contributed by atoms with van der Waals surface area (Å²) in [5.74, 6) is 0.147. The molecule has 0 aliphatic carbocycles. The number of hydrogen-bond acceptors (Lipinski definition) is 3. The van der Waals surface area contributed by atoms with E-state index in [2.05, 4.69) is 17.1 Å². The van der Waals surface area contributed by atoms with Gasteiger partial charge in [0, 0.05) is 32.4 Å². The molecule has 2 aromatic rings. The number of carbonyl (C=O) groups is 1. The molecule has 24 heavy (non-hydrogen) atoms. The van der Waals surface area contributed by atoms with Gasteiger partial charge in [-0.1, -0.05) is 24.3 Å². The summed E-state index contributed by atoms with van der Waals surface area (Å²) in [4.78, 5) is 20.8. The molecule has 0 saturated carbocycles. The number of carbonyl (C=O) groups excluding carboxylic acids is 1. The van der Waals surface area contributed by atoms with Gasteiger partial charge in [0.2, 0.25) is 5.91 Å². The largest absolute Gasteiger partial charge is 0.353 e. The minimum Gasteiger partial charge on any atom is -0.353 e. The van der Waals surface area contributed by atoms with E-state index in [0.29, 0.717) is 25.5 Å². The van der Waals surface area contributed by atoms with Crippen LogP contribution in [0.25, 0.3) is 0 Å². The summed E-state index contributed by atoms with van der Waals surface area (Å²) in [7, 11) is 0. The lowest BCUT2D eigenvalue weighted by Gasteiger charge is -2.31. The van der Waals surface area contributed by atoms with Gasteiger partial charge in [0.25, 0.3) is 0 Å². The third-order valence-corrected chi connectivity index (χ3v) is 5.02. The average Bonchev–Trinajstić information content (AvgIpc) is 3.11. The minimum atomic E-state index is -0.322. The third kappa shape index (κ3) is 2.75. The van der Waals surface area contributed by atoms with E-state index < -0.39 is 0 Å². The molecule has 1 unspecified atom stereocenters. The van der Waals surface area contributed by atoms with Crippen molar-refractivity contribution in [1.29, 1.82) is 0 Å². The fraction of sp³-hybridized carbons (Fsp3) is 0.368. The second kappa shape index (κ2) is 6.23. The Bertz CT molecular complexity index is 764. The van der Waals surface area contributed by atoms with Gasteiger partial charge in [0.1, 0.15) is 0 Å². The first-order chi connectivity index (χ1) is 11.7. The number of amides is 1. The van der Waals surface area contributed by atoms with E-state index in [1.54, 1.807) is 12.3 Å². The molecule has 1 aromatic heterocycles. The molecule has 3 heterocycles. The van der Waals surface area contributed by atoms with Gasteiger partial charge in [-0.2, -0.15) is 0 Å². The van der Waals surface area contributed by atoms with E-state index >= 15 is 0 Å². The Morgan fingerprint density at radius 3 is 2.79 bits per heavy atom. The summed E-state index contributed by atoms with van der Waals surface area (Å²) >= 11 is 0. The number of anilines is 1. The monoisotopic (exact) mass is 325 g/mol. The maximum absolute atomic E-state index is 13.9. The molecule has 1 amide bonds. The second-order valence-electron chi connectivity index (χ2n) is 6.52. The maximum atomic E-state index is 13.9. The Balaban J connectivity index is 1.44. The van der Waals surface area contributed by atoms with Crippen LogP contribution < -0.4 is 4.90 Å². The normalized spacial score (nSPS) is 20.1. The van der Waals surface area contributed by atoms with Crippen molar-refractivity contribution in [2.75, 3.05) is 24.5 Å². The molecule has 2 aliphatic rings. The lowest BCUT2D eigenvalue weighted by atomic mass is 9.98. The molecule has 1 fully saturated rings. The average molecular weight is 325 g/mol. The van der Waals surface area contributed by atoms with Crippen LogP contribution in [0.2, 0.25) is 0 Å². The molecular weight excluding hydrogens is 305 g/mol. The van der Waals surface area contributed by atoms with Crippen molar-refractivity contribution in [3.8, 4) is 0 Å². The van der Waals surface area contributed by atoms with E-state index in [-0.39, 0.29) is 17.6 Å². The Hall–Kier alpha value is -2.43. The van der Waals surface area contributed by atoms with Crippen LogP contribution in [0.5, 0.6) is 0 Å². The number of fused-ring (bicyclic) bond motifs is 1. The van der Waals surface area contributed by atoms with Gasteiger partial charge in [-0.3, -0.25) is 4.79 Å². The molecule has 1 aromatic carbocycles. The van der Waals surface area contributed by atoms with E-state index in [9.17, 15) is 9.18 Å². The number of benzene rings is 1. The molecule has 4 nitrogen and oxygen atoms in total. The molecule has 5 heteroatoms. The molecule has 4 rings (SSSR count). The zero-order chi connectivity index (χ0) is 16.5. The lowest BCUT2D eigenvalue weighted by Crippen LogP contribution is -2.40. The number of halogens is 1. The van der Waals surface area contributed by atoms with Crippen molar-refractivity contribution < 1.29 is 9.18 Å². The molecule has 1 saturated heterocycles. The van der Waals surface area contributed by atoms with Gasteiger partial charge in [-0.25, -0.2) is 9.37 Å². The topological polar surface area (TPSA) is 36.4 Å². The smallest absolute Gasteiger partial charge is 0.227 e. The first kappa shape index (κ1) is 15.1. The second-order valence-corrected chi connectivity index (χ2v) is 6.52. The fourth-order valence-electron chi connectivity index (χ4n) is 3.71. The van der Waals surface area contributed by atoms with Crippen LogP contribution in [0.15, 0.2) is 42.6 Å². The highest BCUT2D eigenvalue weighted by atomic mass is 19.1. The highest BCUT2D eigenvalue weighted by molar-refractivity contribution is 5.80. The van der Waals surface area contributed by atoms with Crippen LogP contribution in [0.4, 0.5) is 10.2 Å². The van der Waals surface area contributed by atoms with Crippen molar-refractivity contribution >= 4 is 11.7 Å². The quantitative estimate of drug-likeness (QED) is 0.852. The Morgan fingerprint density at radius 2 is 1.96 bits per heavy atom. The maximum Gasteiger partial charge on any atom is 0.227 e. The van der Waals surface area contributed by atoms with Crippen LogP contribution in [-0.4, -0.2) is 35.4 Å². The number of rotatable bonds is 2. The Kier molecular flexibility index (Phi) is 3.92.